The van der Waals surface area contributed by atoms with Crippen LogP contribution in [0.5, 0.6) is 5.75 Å². The molecule has 2 nitrogen and oxygen atoms in total. The number of ether oxygens (including phenoxy) is 1. The van der Waals surface area contributed by atoms with Gasteiger partial charge in [0, 0.05) is 15.4 Å². The molecular formula is C16H11Br2NO. The molecular weight excluding hydrogens is 382 g/mol. The van der Waals surface area contributed by atoms with Crippen molar-refractivity contribution in [1.29, 1.82) is 0 Å². The van der Waals surface area contributed by atoms with E-state index in [4.69, 9.17) is 9.72 Å². The Kier molecular flexibility index (Phi) is 3.76. The topological polar surface area (TPSA) is 22.1 Å². The van der Waals surface area contributed by atoms with Crippen LogP contribution in [0.2, 0.25) is 0 Å². The molecule has 4 heteroatoms. The minimum atomic E-state index is 0.813. The van der Waals surface area contributed by atoms with Gasteiger partial charge in [-0.1, -0.05) is 40.2 Å². The largest absolute Gasteiger partial charge is 0.495 e. The average Bonchev–Trinajstić information content (AvgIpc) is 2.48. The highest BCUT2D eigenvalue weighted by Crippen LogP contribution is 2.39. The maximum absolute atomic E-state index is 5.55. The van der Waals surface area contributed by atoms with Gasteiger partial charge in [0.25, 0.3) is 0 Å². The lowest BCUT2D eigenvalue weighted by molar-refractivity contribution is 0.417. The number of fused-ring (bicyclic) bond motifs is 1. The first kappa shape index (κ1) is 13.6. The molecule has 0 radical (unpaired) electrons. The van der Waals surface area contributed by atoms with Crippen molar-refractivity contribution >= 4 is 42.8 Å². The van der Waals surface area contributed by atoms with E-state index < -0.39 is 0 Å². The molecule has 0 aliphatic carbocycles. The molecule has 3 rings (SSSR count). The van der Waals surface area contributed by atoms with Gasteiger partial charge in [0.05, 0.1) is 22.8 Å². The molecule has 0 bridgehead atoms. The fourth-order valence-electron chi connectivity index (χ4n) is 2.16. The summed E-state index contributed by atoms with van der Waals surface area (Å²) < 4.78 is 7.47. The van der Waals surface area contributed by atoms with Crippen molar-refractivity contribution in [3.05, 3.63) is 57.5 Å². The lowest BCUT2D eigenvalue weighted by Gasteiger charge is -2.12. The lowest BCUT2D eigenvalue weighted by atomic mass is 10.1. The highest BCUT2D eigenvalue weighted by Gasteiger charge is 2.14. The van der Waals surface area contributed by atoms with Gasteiger partial charge in [-0.05, 0) is 40.2 Å². The molecule has 0 saturated carbocycles. The third kappa shape index (κ3) is 2.34. The Morgan fingerprint density at radius 1 is 0.950 bits per heavy atom. The number of hydrogen-bond donors (Lipinski definition) is 0. The number of benzene rings is 2. The summed E-state index contributed by atoms with van der Waals surface area (Å²) in [6.07, 6.45) is 0. The minimum Gasteiger partial charge on any atom is -0.495 e. The van der Waals surface area contributed by atoms with Crippen LogP contribution >= 0.6 is 31.9 Å². The van der Waals surface area contributed by atoms with Crippen LogP contribution in [0.15, 0.2) is 57.5 Å². The summed E-state index contributed by atoms with van der Waals surface area (Å²) in [5.41, 5.74) is 2.85. The van der Waals surface area contributed by atoms with Crippen molar-refractivity contribution in [3.63, 3.8) is 0 Å². The predicted octanol–water partition coefficient (Wildman–Crippen LogP) is 5.44. The Balaban J connectivity index is 2.31. The van der Waals surface area contributed by atoms with E-state index in [1.165, 1.54) is 0 Å². The number of methoxy groups -OCH3 is 1. The molecule has 0 aliphatic heterocycles. The third-order valence-electron chi connectivity index (χ3n) is 3.11. The zero-order valence-electron chi connectivity index (χ0n) is 10.7. The Morgan fingerprint density at radius 3 is 2.35 bits per heavy atom. The first-order chi connectivity index (χ1) is 9.70. The van der Waals surface area contributed by atoms with Crippen molar-refractivity contribution in [1.82, 2.24) is 4.98 Å². The van der Waals surface area contributed by atoms with Gasteiger partial charge in [0.1, 0.15) is 5.75 Å². The van der Waals surface area contributed by atoms with Crippen LogP contribution in [-0.2, 0) is 0 Å². The van der Waals surface area contributed by atoms with Gasteiger partial charge >= 0.3 is 0 Å². The molecule has 0 aliphatic rings. The van der Waals surface area contributed by atoms with E-state index in [9.17, 15) is 0 Å². The molecule has 0 unspecified atom stereocenters. The maximum atomic E-state index is 5.55. The molecule has 1 heterocycles. The fourth-order valence-corrected chi connectivity index (χ4v) is 3.11. The highest BCUT2D eigenvalue weighted by molar-refractivity contribution is 9.11. The summed E-state index contributed by atoms with van der Waals surface area (Å²) in [6, 6.07) is 16.0. The molecule has 0 spiro atoms. The SMILES string of the molecule is COc1c(Br)c(-c2ccc(Br)cc2)nc2ccccc12. The van der Waals surface area contributed by atoms with Crippen molar-refractivity contribution in [2.24, 2.45) is 0 Å². The number of aromatic nitrogens is 1. The second-order valence-corrected chi connectivity index (χ2v) is 6.04. The summed E-state index contributed by atoms with van der Waals surface area (Å²) in [5, 5.41) is 1.00. The molecule has 1 aromatic heterocycles. The molecule has 0 N–H and O–H groups in total. The molecule has 0 fully saturated rings. The number of para-hydroxylation sites is 1. The quantitative estimate of drug-likeness (QED) is 0.579. The number of nitrogens with zero attached hydrogens (tertiary/aromatic N) is 1. The van der Waals surface area contributed by atoms with Crippen LogP contribution in [0.25, 0.3) is 22.2 Å². The molecule has 0 saturated heterocycles. The van der Waals surface area contributed by atoms with E-state index in [1.54, 1.807) is 7.11 Å². The van der Waals surface area contributed by atoms with Crippen LogP contribution < -0.4 is 4.74 Å². The first-order valence-corrected chi connectivity index (χ1v) is 7.67. The number of rotatable bonds is 2. The normalized spacial score (nSPS) is 10.8. The number of pyridine rings is 1. The smallest absolute Gasteiger partial charge is 0.144 e. The molecule has 0 atom stereocenters. The third-order valence-corrected chi connectivity index (χ3v) is 4.37. The van der Waals surface area contributed by atoms with Crippen LogP contribution in [-0.4, -0.2) is 12.1 Å². The second-order valence-electron chi connectivity index (χ2n) is 4.33. The van der Waals surface area contributed by atoms with Gasteiger partial charge in [-0.25, -0.2) is 4.98 Å². The van der Waals surface area contributed by atoms with Crippen molar-refractivity contribution in [2.45, 2.75) is 0 Å². The Bertz CT molecular complexity index is 769. The van der Waals surface area contributed by atoms with Gasteiger partial charge in [-0.3, -0.25) is 0 Å². The zero-order valence-corrected chi connectivity index (χ0v) is 13.9. The lowest BCUT2D eigenvalue weighted by Crippen LogP contribution is -1.93. The van der Waals surface area contributed by atoms with E-state index in [-0.39, 0.29) is 0 Å². The van der Waals surface area contributed by atoms with Crippen molar-refractivity contribution in [2.75, 3.05) is 7.11 Å². The minimum absolute atomic E-state index is 0.813. The number of hydrogen-bond acceptors (Lipinski definition) is 2. The molecule has 20 heavy (non-hydrogen) atoms. The monoisotopic (exact) mass is 391 g/mol. The predicted molar refractivity (Wildman–Crippen MR) is 89.1 cm³/mol. The molecule has 2 aromatic carbocycles. The summed E-state index contributed by atoms with van der Waals surface area (Å²) in [4.78, 5) is 4.74. The fraction of sp³-hybridized carbons (Fsp3) is 0.0625. The summed E-state index contributed by atoms with van der Waals surface area (Å²) in [5.74, 6) is 0.813. The molecule has 100 valence electrons. The van der Waals surface area contributed by atoms with Crippen LogP contribution in [0.4, 0.5) is 0 Å². The van der Waals surface area contributed by atoms with Crippen molar-refractivity contribution < 1.29 is 4.74 Å². The van der Waals surface area contributed by atoms with Gasteiger partial charge in [0.2, 0.25) is 0 Å². The van der Waals surface area contributed by atoms with Gasteiger partial charge in [0.15, 0.2) is 0 Å². The molecule has 3 aromatic rings. The summed E-state index contributed by atoms with van der Waals surface area (Å²) >= 11 is 7.07. The van der Waals surface area contributed by atoms with Crippen LogP contribution in [0, 0.1) is 0 Å². The Labute approximate surface area is 134 Å². The zero-order chi connectivity index (χ0) is 14.1. The van der Waals surface area contributed by atoms with E-state index in [0.29, 0.717) is 0 Å². The van der Waals surface area contributed by atoms with Gasteiger partial charge in [-0.2, -0.15) is 0 Å². The van der Waals surface area contributed by atoms with E-state index in [0.717, 1.165) is 36.9 Å². The van der Waals surface area contributed by atoms with Gasteiger partial charge < -0.3 is 4.74 Å². The van der Waals surface area contributed by atoms with E-state index in [2.05, 4.69) is 31.9 Å². The summed E-state index contributed by atoms with van der Waals surface area (Å²) in [7, 11) is 1.68. The van der Waals surface area contributed by atoms with Crippen molar-refractivity contribution in [3.8, 4) is 17.0 Å². The van der Waals surface area contributed by atoms with Crippen LogP contribution in [0.3, 0.4) is 0 Å². The standard InChI is InChI=1S/C16H11Br2NO/c1-20-16-12-4-2-3-5-13(12)19-15(14(16)18)10-6-8-11(17)9-7-10/h2-9H,1H3. The average molecular weight is 393 g/mol. The van der Waals surface area contributed by atoms with E-state index in [1.807, 2.05) is 48.5 Å². The van der Waals surface area contributed by atoms with E-state index >= 15 is 0 Å². The highest BCUT2D eigenvalue weighted by atomic mass is 79.9. The Hall–Kier alpha value is -1.39. The Morgan fingerprint density at radius 2 is 1.65 bits per heavy atom. The van der Waals surface area contributed by atoms with Crippen LogP contribution in [0.1, 0.15) is 0 Å². The first-order valence-electron chi connectivity index (χ1n) is 6.09. The second kappa shape index (κ2) is 5.54. The number of halogens is 2. The van der Waals surface area contributed by atoms with Gasteiger partial charge in [-0.15, -0.1) is 0 Å². The summed E-state index contributed by atoms with van der Waals surface area (Å²) in [6.45, 7) is 0. The molecule has 0 amide bonds. The maximum Gasteiger partial charge on any atom is 0.144 e.